The molecule has 6 heteroatoms. The molecule has 0 saturated carbocycles. The van der Waals surface area contributed by atoms with Gasteiger partial charge in [0.25, 0.3) is 0 Å². The van der Waals surface area contributed by atoms with Crippen molar-refractivity contribution in [3.05, 3.63) is 35.4 Å². The molecule has 0 aliphatic carbocycles. The summed E-state index contributed by atoms with van der Waals surface area (Å²) in [4.78, 5) is 0. The highest BCUT2D eigenvalue weighted by Gasteiger charge is 2.10. The minimum atomic E-state index is -1.99. The quantitative estimate of drug-likeness (QED) is 0.555. The molecule has 0 amide bonds. The van der Waals surface area contributed by atoms with Crippen LogP contribution in [0, 0.1) is 11.6 Å². The average molecular weight is 262 g/mol. The fourth-order valence-electron chi connectivity index (χ4n) is 1.40. The molecule has 0 aromatic heterocycles. The van der Waals surface area contributed by atoms with Crippen LogP contribution in [0.15, 0.2) is 18.2 Å². The molecule has 0 spiro atoms. The standard InChI is InChI=1S/C11H16F2O3Si/c1-14-17(15-2)16-7-3-4-9-5-6-10(12)8-11(9)13/h5-6,8,17H,3-4,7H2,1-2H3. The Balaban J connectivity index is 2.31. The molecule has 0 radical (unpaired) electrons. The summed E-state index contributed by atoms with van der Waals surface area (Å²) >= 11 is 0. The number of benzene rings is 1. The molecule has 0 atom stereocenters. The van der Waals surface area contributed by atoms with Crippen LogP contribution < -0.4 is 0 Å². The number of halogens is 2. The molecule has 0 aliphatic rings. The maximum atomic E-state index is 13.2. The molecule has 0 unspecified atom stereocenters. The van der Waals surface area contributed by atoms with Gasteiger partial charge < -0.3 is 13.3 Å². The molecule has 3 nitrogen and oxygen atoms in total. The minimum absolute atomic E-state index is 0.440. The molecule has 0 aliphatic heterocycles. The zero-order valence-corrected chi connectivity index (χ0v) is 11.1. The lowest BCUT2D eigenvalue weighted by Crippen LogP contribution is -2.24. The topological polar surface area (TPSA) is 27.7 Å². The van der Waals surface area contributed by atoms with E-state index >= 15 is 0 Å². The zero-order valence-electron chi connectivity index (χ0n) is 9.91. The number of rotatable bonds is 7. The third-order valence-electron chi connectivity index (χ3n) is 2.24. The first kappa shape index (κ1) is 14.2. The monoisotopic (exact) mass is 262 g/mol. The van der Waals surface area contributed by atoms with Gasteiger partial charge in [0.15, 0.2) is 0 Å². The second-order valence-electron chi connectivity index (χ2n) is 3.47. The second kappa shape index (κ2) is 7.49. The summed E-state index contributed by atoms with van der Waals surface area (Å²) in [6.45, 7) is 0.440. The van der Waals surface area contributed by atoms with Gasteiger partial charge in [0.2, 0.25) is 0 Å². The Labute approximate surface area is 101 Å². The third-order valence-corrected chi connectivity index (χ3v) is 3.52. The summed E-state index contributed by atoms with van der Waals surface area (Å²) in [7, 11) is 1.06. The van der Waals surface area contributed by atoms with Gasteiger partial charge in [-0.05, 0) is 24.5 Å². The lowest BCUT2D eigenvalue weighted by molar-refractivity contribution is 0.134. The van der Waals surface area contributed by atoms with E-state index < -0.39 is 21.2 Å². The van der Waals surface area contributed by atoms with E-state index in [1.54, 1.807) is 0 Å². The molecule has 0 N–H and O–H groups in total. The van der Waals surface area contributed by atoms with Gasteiger partial charge in [-0.2, -0.15) is 0 Å². The SMILES string of the molecule is CO[SiH](OC)OCCCc1ccc(F)cc1F. The highest BCUT2D eigenvalue weighted by atomic mass is 28.3. The van der Waals surface area contributed by atoms with Crippen LogP contribution in [0.5, 0.6) is 0 Å². The van der Waals surface area contributed by atoms with E-state index in [0.29, 0.717) is 25.0 Å². The average Bonchev–Trinajstić information content (AvgIpc) is 2.32. The van der Waals surface area contributed by atoms with Gasteiger partial charge in [-0.3, -0.25) is 0 Å². The molecule has 17 heavy (non-hydrogen) atoms. The van der Waals surface area contributed by atoms with Gasteiger partial charge in [-0.1, -0.05) is 6.07 Å². The summed E-state index contributed by atoms with van der Waals surface area (Å²) in [5.74, 6) is -1.08. The fraction of sp³-hybridized carbons (Fsp3) is 0.455. The molecule has 96 valence electrons. The highest BCUT2D eigenvalue weighted by molar-refractivity contribution is 6.36. The Morgan fingerprint density at radius 1 is 1.18 bits per heavy atom. The second-order valence-corrected chi connectivity index (χ2v) is 5.32. The first-order valence-electron chi connectivity index (χ1n) is 5.28. The van der Waals surface area contributed by atoms with Crippen LogP contribution in [0.3, 0.4) is 0 Å². The molecule has 0 fully saturated rings. The van der Waals surface area contributed by atoms with Crippen LogP contribution in [0.25, 0.3) is 0 Å². The molecule has 1 aromatic carbocycles. The van der Waals surface area contributed by atoms with Gasteiger partial charge in [0, 0.05) is 26.9 Å². The third kappa shape index (κ3) is 4.91. The van der Waals surface area contributed by atoms with Crippen molar-refractivity contribution in [1.29, 1.82) is 0 Å². The highest BCUT2D eigenvalue weighted by Crippen LogP contribution is 2.11. The van der Waals surface area contributed by atoms with Crippen molar-refractivity contribution in [2.75, 3.05) is 20.8 Å². The van der Waals surface area contributed by atoms with Gasteiger partial charge in [-0.25, -0.2) is 8.78 Å². The Morgan fingerprint density at radius 3 is 2.47 bits per heavy atom. The number of aryl methyl sites for hydroxylation is 1. The Morgan fingerprint density at radius 2 is 1.88 bits per heavy atom. The molecule has 1 rings (SSSR count). The smallest absolute Gasteiger partial charge is 0.379 e. The van der Waals surface area contributed by atoms with Crippen molar-refractivity contribution in [1.82, 2.24) is 0 Å². The maximum absolute atomic E-state index is 13.2. The first-order chi connectivity index (χ1) is 8.17. The Kier molecular flexibility index (Phi) is 6.28. The van der Waals surface area contributed by atoms with Crippen molar-refractivity contribution < 1.29 is 22.1 Å². The molecule has 0 bridgehead atoms. The molecule has 0 heterocycles. The summed E-state index contributed by atoms with van der Waals surface area (Å²) in [5, 5.41) is 0. The van der Waals surface area contributed by atoms with Gasteiger partial charge >= 0.3 is 9.53 Å². The summed E-state index contributed by atoms with van der Waals surface area (Å²) < 4.78 is 41.1. The first-order valence-corrected chi connectivity index (χ1v) is 6.70. The van der Waals surface area contributed by atoms with Crippen LogP contribution in [0.1, 0.15) is 12.0 Å². The van der Waals surface area contributed by atoms with Crippen LogP contribution in [-0.4, -0.2) is 30.4 Å². The lowest BCUT2D eigenvalue weighted by Gasteiger charge is -2.11. The van der Waals surface area contributed by atoms with Crippen molar-refractivity contribution in [3.63, 3.8) is 0 Å². The summed E-state index contributed by atoms with van der Waals surface area (Å²) in [6, 6.07) is 3.59. The van der Waals surface area contributed by atoms with Gasteiger partial charge in [0.1, 0.15) is 11.6 Å². The van der Waals surface area contributed by atoms with Crippen LogP contribution >= 0.6 is 0 Å². The predicted molar refractivity (Wildman–Crippen MR) is 61.8 cm³/mol. The van der Waals surface area contributed by atoms with Crippen molar-refractivity contribution in [2.24, 2.45) is 0 Å². The normalized spacial score (nSPS) is 11.1. The number of hydrogen-bond acceptors (Lipinski definition) is 3. The zero-order chi connectivity index (χ0) is 12.7. The fourth-order valence-corrected chi connectivity index (χ4v) is 2.22. The van der Waals surface area contributed by atoms with E-state index in [4.69, 9.17) is 13.3 Å². The number of hydrogen-bond donors (Lipinski definition) is 0. The lowest BCUT2D eigenvalue weighted by atomic mass is 10.1. The van der Waals surface area contributed by atoms with Crippen molar-refractivity contribution in [3.8, 4) is 0 Å². The molecular formula is C11H16F2O3Si. The van der Waals surface area contributed by atoms with Gasteiger partial charge in [0.05, 0.1) is 0 Å². The minimum Gasteiger partial charge on any atom is -0.379 e. The van der Waals surface area contributed by atoms with E-state index in [9.17, 15) is 8.78 Å². The predicted octanol–water partition coefficient (Wildman–Crippen LogP) is 1.92. The maximum Gasteiger partial charge on any atom is 0.483 e. The molecule has 0 saturated heterocycles. The van der Waals surface area contributed by atoms with Gasteiger partial charge in [-0.15, -0.1) is 0 Å². The molecule has 1 aromatic rings. The van der Waals surface area contributed by atoms with E-state index in [0.717, 1.165) is 6.07 Å². The van der Waals surface area contributed by atoms with Crippen LogP contribution in [0.4, 0.5) is 8.78 Å². The van der Waals surface area contributed by atoms with Crippen molar-refractivity contribution in [2.45, 2.75) is 12.8 Å². The van der Waals surface area contributed by atoms with E-state index in [-0.39, 0.29) is 0 Å². The van der Waals surface area contributed by atoms with E-state index in [2.05, 4.69) is 0 Å². The Hall–Kier alpha value is -0.823. The largest absolute Gasteiger partial charge is 0.483 e. The molecular weight excluding hydrogens is 246 g/mol. The summed E-state index contributed by atoms with van der Waals surface area (Å²) in [5.41, 5.74) is 0.489. The summed E-state index contributed by atoms with van der Waals surface area (Å²) in [6.07, 6.45) is 1.14. The van der Waals surface area contributed by atoms with E-state index in [1.165, 1.54) is 26.4 Å². The van der Waals surface area contributed by atoms with Crippen molar-refractivity contribution >= 4 is 9.53 Å². The van der Waals surface area contributed by atoms with Crippen LogP contribution in [-0.2, 0) is 19.7 Å². The Bertz CT molecular complexity index is 345. The van der Waals surface area contributed by atoms with Crippen LogP contribution in [0.2, 0.25) is 0 Å². The van der Waals surface area contributed by atoms with E-state index in [1.807, 2.05) is 0 Å².